The first kappa shape index (κ1) is 32.8. The van der Waals surface area contributed by atoms with Gasteiger partial charge in [0.2, 0.25) is 0 Å². The third-order valence-electron chi connectivity index (χ3n) is 12.9. The van der Waals surface area contributed by atoms with Gasteiger partial charge in [0.25, 0.3) is 0 Å². The van der Waals surface area contributed by atoms with E-state index in [4.69, 9.17) is 0 Å². The molecule has 1 unspecified atom stereocenters. The summed E-state index contributed by atoms with van der Waals surface area (Å²) >= 11 is 1.86. The van der Waals surface area contributed by atoms with E-state index in [1.54, 1.807) is 0 Å². The fourth-order valence-electron chi connectivity index (χ4n) is 10.4. The number of hydrogen-bond acceptors (Lipinski definition) is 2. The van der Waals surface area contributed by atoms with Gasteiger partial charge < -0.3 is 9.47 Å². The van der Waals surface area contributed by atoms with Crippen molar-refractivity contribution in [1.82, 2.24) is 4.57 Å². The largest absolute Gasteiger partial charge is 0.310 e. The van der Waals surface area contributed by atoms with Crippen molar-refractivity contribution in [1.29, 1.82) is 0 Å². The maximum Gasteiger partial charge on any atom is 0.0541 e. The smallest absolute Gasteiger partial charge is 0.0541 e. The summed E-state index contributed by atoms with van der Waals surface area (Å²) in [7, 11) is 0. The van der Waals surface area contributed by atoms with Gasteiger partial charge in [0.15, 0.2) is 0 Å². The van der Waals surface area contributed by atoms with Crippen LogP contribution in [0.2, 0.25) is 0 Å². The van der Waals surface area contributed by atoms with E-state index >= 15 is 0 Å². The Labute approximate surface area is 346 Å². The average molecular weight is 769 g/mol. The molecule has 0 bridgehead atoms. The van der Waals surface area contributed by atoms with Crippen LogP contribution in [0.3, 0.4) is 0 Å². The number of thiophene rings is 1. The summed E-state index contributed by atoms with van der Waals surface area (Å²) in [6.45, 7) is 0. The molecule has 3 heteroatoms. The van der Waals surface area contributed by atoms with Crippen LogP contribution >= 0.6 is 11.3 Å². The molecule has 2 heterocycles. The summed E-state index contributed by atoms with van der Waals surface area (Å²) in [5, 5.41) is 5.13. The molecule has 2 nitrogen and oxygen atoms in total. The van der Waals surface area contributed by atoms with Gasteiger partial charge in [-0.15, -0.1) is 11.3 Å². The zero-order valence-electron chi connectivity index (χ0n) is 32.1. The highest BCUT2D eigenvalue weighted by atomic mass is 32.1. The lowest BCUT2D eigenvalue weighted by atomic mass is 9.75. The van der Waals surface area contributed by atoms with Crippen LogP contribution in [-0.4, -0.2) is 4.57 Å². The van der Waals surface area contributed by atoms with Crippen molar-refractivity contribution in [2.75, 3.05) is 4.90 Å². The molecule has 2 aliphatic rings. The second-order valence-corrected chi connectivity index (χ2v) is 17.1. The van der Waals surface area contributed by atoms with Gasteiger partial charge in [0, 0.05) is 59.6 Å². The molecule has 0 amide bonds. The van der Waals surface area contributed by atoms with Crippen molar-refractivity contribution < 1.29 is 0 Å². The first-order valence-corrected chi connectivity index (χ1v) is 21.3. The second kappa shape index (κ2) is 12.6. The van der Waals surface area contributed by atoms with E-state index in [0.29, 0.717) is 5.92 Å². The number of fused-ring (bicyclic) bond motifs is 11. The lowest BCUT2D eigenvalue weighted by Gasteiger charge is -2.28. The Morgan fingerprint density at radius 3 is 1.81 bits per heavy atom. The SMILES string of the molecule is c1ccc2c(c1)CC1c3ccccc3-c3ccc(-c4ccc(N(c5ccc(-n6c7ccccc7c7ccccc76)cc5)c5ccc6sc7ccccc7c6c5)cc4)c-2c31. The number of benzene rings is 9. The summed E-state index contributed by atoms with van der Waals surface area (Å²) < 4.78 is 5.01. The van der Waals surface area contributed by atoms with Crippen LogP contribution in [0.15, 0.2) is 200 Å². The maximum absolute atomic E-state index is 2.42. The van der Waals surface area contributed by atoms with Crippen LogP contribution < -0.4 is 4.90 Å². The highest BCUT2D eigenvalue weighted by molar-refractivity contribution is 7.25. The minimum absolute atomic E-state index is 0.384. The lowest BCUT2D eigenvalue weighted by molar-refractivity contribution is 0.816. The normalized spacial score (nSPS) is 13.9. The van der Waals surface area contributed by atoms with Crippen LogP contribution in [0, 0.1) is 0 Å². The Hall–Kier alpha value is -7.20. The molecule has 2 aromatic heterocycles. The molecular weight excluding hydrogens is 733 g/mol. The van der Waals surface area contributed by atoms with E-state index in [2.05, 4.69) is 210 Å². The number of para-hydroxylation sites is 2. The molecule has 2 aliphatic carbocycles. The first-order chi connectivity index (χ1) is 29.3. The molecule has 0 N–H and O–H groups in total. The molecule has 0 saturated heterocycles. The van der Waals surface area contributed by atoms with E-state index in [0.717, 1.165) is 29.2 Å². The highest BCUT2D eigenvalue weighted by Gasteiger charge is 2.36. The molecule has 0 radical (unpaired) electrons. The Morgan fingerprint density at radius 1 is 0.441 bits per heavy atom. The Kier molecular flexibility index (Phi) is 7.04. The van der Waals surface area contributed by atoms with E-state index < -0.39 is 0 Å². The number of aromatic nitrogens is 1. The lowest BCUT2D eigenvalue weighted by Crippen LogP contribution is -2.11. The Morgan fingerprint density at radius 2 is 1.03 bits per heavy atom. The summed E-state index contributed by atoms with van der Waals surface area (Å²) in [5.41, 5.74) is 19.4. The first-order valence-electron chi connectivity index (χ1n) is 20.5. The third kappa shape index (κ3) is 4.86. The zero-order chi connectivity index (χ0) is 38.6. The van der Waals surface area contributed by atoms with Crippen LogP contribution in [0.4, 0.5) is 17.1 Å². The predicted octanol–water partition coefficient (Wildman–Crippen LogP) is 15.6. The minimum Gasteiger partial charge on any atom is -0.310 e. The molecule has 13 rings (SSSR count). The number of hydrogen-bond donors (Lipinski definition) is 0. The summed E-state index contributed by atoms with van der Waals surface area (Å²) in [6, 6.07) is 74.4. The Bertz CT molecular complexity index is 3420. The monoisotopic (exact) mass is 768 g/mol. The van der Waals surface area contributed by atoms with Crippen LogP contribution in [0.5, 0.6) is 0 Å². The molecule has 0 saturated carbocycles. The molecule has 0 fully saturated rings. The molecule has 0 aliphatic heterocycles. The number of nitrogens with zero attached hydrogens (tertiary/aromatic N) is 2. The van der Waals surface area contributed by atoms with Crippen molar-refractivity contribution in [3.8, 4) is 39.1 Å². The molecule has 0 spiro atoms. The van der Waals surface area contributed by atoms with Gasteiger partial charge in [-0.05, 0) is 129 Å². The van der Waals surface area contributed by atoms with Crippen molar-refractivity contribution >= 4 is 70.4 Å². The van der Waals surface area contributed by atoms with Crippen LogP contribution in [-0.2, 0) is 6.42 Å². The number of rotatable bonds is 5. The van der Waals surface area contributed by atoms with Gasteiger partial charge >= 0.3 is 0 Å². The fourth-order valence-corrected chi connectivity index (χ4v) is 11.5. The van der Waals surface area contributed by atoms with E-state index in [1.807, 2.05) is 11.3 Å². The minimum atomic E-state index is 0.384. The van der Waals surface area contributed by atoms with Crippen LogP contribution in [0.25, 0.3) is 81.0 Å². The number of anilines is 3. The second-order valence-electron chi connectivity index (χ2n) is 16.0. The van der Waals surface area contributed by atoms with E-state index in [1.165, 1.54) is 92.0 Å². The molecule has 9 aromatic carbocycles. The van der Waals surface area contributed by atoms with Gasteiger partial charge in [-0.1, -0.05) is 127 Å². The summed E-state index contributed by atoms with van der Waals surface area (Å²) in [4.78, 5) is 2.42. The molecule has 276 valence electrons. The zero-order valence-corrected chi connectivity index (χ0v) is 33.0. The van der Waals surface area contributed by atoms with Crippen molar-refractivity contribution in [3.63, 3.8) is 0 Å². The maximum atomic E-state index is 2.42. The standard InChI is InChI=1S/C56H36N2S/c1-2-12-41-36(11-1)33-50-44-14-4-3-13-43(44)48-31-30-42(55(41)56(48)50)35-21-23-37(24-22-35)57(40-29-32-54-49(34-40)47-17-7-10-20-53(47)59-54)38-25-27-39(28-26-38)58-51-18-8-5-15-45(51)46-16-6-9-19-52(46)58/h1-32,34,50H,33H2. The summed E-state index contributed by atoms with van der Waals surface area (Å²) in [6.07, 6.45) is 1.05. The van der Waals surface area contributed by atoms with Crippen LogP contribution in [0.1, 0.15) is 22.6 Å². The van der Waals surface area contributed by atoms with Crippen molar-refractivity contribution in [2.45, 2.75) is 12.3 Å². The molecule has 59 heavy (non-hydrogen) atoms. The Balaban J connectivity index is 0.959. The van der Waals surface area contributed by atoms with Crippen molar-refractivity contribution in [3.05, 3.63) is 217 Å². The fraction of sp³-hybridized carbons (Fsp3) is 0.0357. The highest BCUT2D eigenvalue weighted by Crippen LogP contribution is 2.56. The van der Waals surface area contributed by atoms with E-state index in [9.17, 15) is 0 Å². The van der Waals surface area contributed by atoms with Gasteiger partial charge in [-0.3, -0.25) is 0 Å². The van der Waals surface area contributed by atoms with Gasteiger partial charge in [0.05, 0.1) is 11.0 Å². The quantitative estimate of drug-likeness (QED) is 0.169. The predicted molar refractivity (Wildman–Crippen MR) is 250 cm³/mol. The topological polar surface area (TPSA) is 8.17 Å². The third-order valence-corrected chi connectivity index (χ3v) is 14.1. The van der Waals surface area contributed by atoms with Gasteiger partial charge in [-0.25, -0.2) is 0 Å². The van der Waals surface area contributed by atoms with Gasteiger partial charge in [-0.2, -0.15) is 0 Å². The van der Waals surface area contributed by atoms with Crippen molar-refractivity contribution in [2.24, 2.45) is 0 Å². The van der Waals surface area contributed by atoms with E-state index in [-0.39, 0.29) is 0 Å². The average Bonchev–Trinajstić information content (AvgIpc) is 3.95. The molecule has 1 atom stereocenters. The van der Waals surface area contributed by atoms with Gasteiger partial charge in [0.1, 0.15) is 0 Å². The molecule has 11 aromatic rings. The molecular formula is C56H36N2S. The summed E-state index contributed by atoms with van der Waals surface area (Å²) in [5.74, 6) is 0.384.